The fraction of sp³-hybridized carbons (Fsp3) is 0.360. The van der Waals surface area contributed by atoms with Crippen molar-refractivity contribution in [2.45, 2.75) is 37.9 Å². The van der Waals surface area contributed by atoms with Crippen molar-refractivity contribution in [3.05, 3.63) is 53.6 Å². The Morgan fingerprint density at radius 3 is 2.11 bits per heavy atom. The number of aromatic hydroxyl groups is 1. The van der Waals surface area contributed by atoms with Crippen LogP contribution < -0.4 is 36.9 Å². The van der Waals surface area contributed by atoms with E-state index < -0.39 is 48.3 Å². The van der Waals surface area contributed by atoms with Crippen molar-refractivity contribution in [2.75, 3.05) is 20.8 Å². The lowest BCUT2D eigenvalue weighted by Gasteiger charge is -2.19. The zero-order valence-electron chi connectivity index (χ0n) is 20.9. The minimum absolute atomic E-state index is 0.0965. The number of hydrogen-bond acceptors (Lipinski definition) is 8. The predicted molar refractivity (Wildman–Crippen MR) is 135 cm³/mol. The number of phenols is 1. The van der Waals surface area contributed by atoms with Crippen LogP contribution in [0.1, 0.15) is 18.1 Å². The summed E-state index contributed by atoms with van der Waals surface area (Å²) in [4.78, 5) is 48.9. The van der Waals surface area contributed by atoms with Gasteiger partial charge in [0.25, 0.3) is 0 Å². The Hall–Kier alpha value is -4.32. The molecular formula is C25H33N5O7. The number of carbonyl (C=O) groups excluding carboxylic acids is 4. The molecule has 2 rings (SSSR count). The first kappa shape index (κ1) is 28.9. The summed E-state index contributed by atoms with van der Waals surface area (Å²) in [5, 5.41) is 16.7. The van der Waals surface area contributed by atoms with E-state index in [0.717, 1.165) is 5.56 Å². The second kappa shape index (κ2) is 13.7. The van der Waals surface area contributed by atoms with Crippen LogP contribution in [0.2, 0.25) is 0 Å². The number of phenolic OH excluding ortho intramolecular Hbond substituents is 1. The molecule has 200 valence electrons. The van der Waals surface area contributed by atoms with Crippen LogP contribution in [0.5, 0.6) is 17.2 Å². The minimum atomic E-state index is -1.03. The number of carbonyl (C=O) groups is 4. The van der Waals surface area contributed by atoms with Crippen LogP contribution in [0, 0.1) is 0 Å². The molecule has 12 nitrogen and oxygen atoms in total. The molecule has 0 aliphatic carbocycles. The van der Waals surface area contributed by atoms with Gasteiger partial charge >= 0.3 is 0 Å². The van der Waals surface area contributed by atoms with E-state index in [4.69, 9.17) is 20.9 Å². The van der Waals surface area contributed by atoms with Crippen LogP contribution >= 0.6 is 0 Å². The van der Waals surface area contributed by atoms with Gasteiger partial charge in [0.05, 0.1) is 26.8 Å². The zero-order valence-corrected chi connectivity index (χ0v) is 20.9. The highest BCUT2D eigenvalue weighted by Gasteiger charge is 2.23. The molecule has 0 saturated carbocycles. The topological polar surface area (TPSA) is 195 Å². The molecule has 0 saturated heterocycles. The second-order valence-electron chi connectivity index (χ2n) is 8.34. The normalized spacial score (nSPS) is 13.0. The van der Waals surface area contributed by atoms with Crippen molar-refractivity contribution in [2.24, 2.45) is 11.5 Å². The van der Waals surface area contributed by atoms with Gasteiger partial charge in [0.1, 0.15) is 17.8 Å². The molecule has 0 fully saturated rings. The lowest BCUT2D eigenvalue weighted by atomic mass is 10.0. The van der Waals surface area contributed by atoms with Crippen molar-refractivity contribution < 1.29 is 33.8 Å². The lowest BCUT2D eigenvalue weighted by molar-refractivity contribution is -0.131. The van der Waals surface area contributed by atoms with Gasteiger partial charge in [-0.1, -0.05) is 18.2 Å². The van der Waals surface area contributed by atoms with Gasteiger partial charge in [0.15, 0.2) is 11.5 Å². The van der Waals surface area contributed by atoms with E-state index >= 15 is 0 Å². The summed E-state index contributed by atoms with van der Waals surface area (Å²) >= 11 is 0. The highest BCUT2D eigenvalue weighted by Crippen LogP contribution is 2.28. The van der Waals surface area contributed by atoms with Gasteiger partial charge in [-0.15, -0.1) is 0 Å². The molecule has 12 heteroatoms. The van der Waals surface area contributed by atoms with Gasteiger partial charge in [0, 0.05) is 6.42 Å². The van der Waals surface area contributed by atoms with Gasteiger partial charge in [0.2, 0.25) is 23.6 Å². The monoisotopic (exact) mass is 515 g/mol. The van der Waals surface area contributed by atoms with Crippen molar-refractivity contribution in [3.8, 4) is 17.2 Å². The van der Waals surface area contributed by atoms with Gasteiger partial charge in [-0.05, 0) is 48.7 Å². The Morgan fingerprint density at radius 1 is 0.892 bits per heavy atom. The molecular weight excluding hydrogens is 482 g/mol. The summed E-state index contributed by atoms with van der Waals surface area (Å²) in [5.74, 6) is -1.49. The first-order valence-corrected chi connectivity index (χ1v) is 11.4. The molecule has 8 N–H and O–H groups in total. The van der Waals surface area contributed by atoms with E-state index in [9.17, 15) is 24.3 Å². The van der Waals surface area contributed by atoms with Crippen LogP contribution in [0.3, 0.4) is 0 Å². The van der Waals surface area contributed by atoms with Crippen LogP contribution in [0.25, 0.3) is 0 Å². The quantitative estimate of drug-likeness (QED) is 0.198. The molecule has 0 aliphatic heterocycles. The van der Waals surface area contributed by atoms with E-state index in [2.05, 4.69) is 16.0 Å². The maximum Gasteiger partial charge on any atom is 0.242 e. The summed E-state index contributed by atoms with van der Waals surface area (Å²) in [7, 11) is 2.97. The van der Waals surface area contributed by atoms with Gasteiger partial charge in [-0.25, -0.2) is 0 Å². The molecule has 0 bridgehead atoms. The minimum Gasteiger partial charge on any atom is -0.508 e. The van der Waals surface area contributed by atoms with Crippen LogP contribution in [-0.4, -0.2) is 67.6 Å². The van der Waals surface area contributed by atoms with E-state index in [-0.39, 0.29) is 18.6 Å². The third kappa shape index (κ3) is 9.00. The summed E-state index contributed by atoms with van der Waals surface area (Å²) < 4.78 is 10.4. The number of primary amides is 1. The number of methoxy groups -OCH3 is 2. The van der Waals surface area contributed by atoms with Gasteiger partial charge in [-0.3, -0.25) is 19.2 Å². The van der Waals surface area contributed by atoms with Crippen molar-refractivity contribution in [1.82, 2.24) is 16.0 Å². The van der Waals surface area contributed by atoms with Gasteiger partial charge in [-0.2, -0.15) is 0 Å². The first-order chi connectivity index (χ1) is 17.5. The van der Waals surface area contributed by atoms with Crippen LogP contribution in [-0.2, 0) is 32.0 Å². The molecule has 0 radical (unpaired) electrons. The van der Waals surface area contributed by atoms with E-state index in [1.54, 1.807) is 30.3 Å². The highest BCUT2D eigenvalue weighted by molar-refractivity contribution is 5.93. The van der Waals surface area contributed by atoms with Crippen LogP contribution in [0.4, 0.5) is 0 Å². The Balaban J connectivity index is 1.84. The molecule has 3 atom stereocenters. The molecule has 4 amide bonds. The summed E-state index contributed by atoms with van der Waals surface area (Å²) in [6, 6.07) is 8.37. The smallest absolute Gasteiger partial charge is 0.242 e. The fourth-order valence-electron chi connectivity index (χ4n) is 3.40. The Morgan fingerprint density at radius 2 is 1.51 bits per heavy atom. The van der Waals surface area contributed by atoms with E-state index in [1.165, 1.54) is 33.3 Å². The lowest BCUT2D eigenvalue weighted by Crippen LogP contribution is -2.53. The number of ether oxygens (including phenoxy) is 2. The number of rotatable bonds is 13. The molecule has 0 heterocycles. The Bertz CT molecular complexity index is 1110. The number of nitrogens with one attached hydrogen (secondary N) is 3. The summed E-state index contributed by atoms with van der Waals surface area (Å²) in [5.41, 5.74) is 12.8. The molecule has 2 aromatic rings. The summed E-state index contributed by atoms with van der Waals surface area (Å²) in [6.45, 7) is 1.01. The maximum absolute atomic E-state index is 12.4. The predicted octanol–water partition coefficient (Wildman–Crippen LogP) is -0.887. The zero-order chi connectivity index (χ0) is 27.5. The molecule has 0 aromatic heterocycles. The summed E-state index contributed by atoms with van der Waals surface area (Å²) in [6.07, 6.45) is 0.304. The Kier molecular flexibility index (Phi) is 10.7. The maximum atomic E-state index is 12.4. The number of nitrogens with two attached hydrogens (primary N) is 2. The van der Waals surface area contributed by atoms with E-state index in [0.29, 0.717) is 17.1 Å². The third-order valence-electron chi connectivity index (χ3n) is 5.47. The second-order valence-corrected chi connectivity index (χ2v) is 8.34. The van der Waals surface area contributed by atoms with Crippen LogP contribution in [0.15, 0.2) is 42.5 Å². The average molecular weight is 516 g/mol. The molecule has 0 spiro atoms. The van der Waals surface area contributed by atoms with Crippen molar-refractivity contribution >= 4 is 23.6 Å². The van der Waals surface area contributed by atoms with Gasteiger partial charge < -0.3 is 42.0 Å². The fourth-order valence-corrected chi connectivity index (χ4v) is 3.40. The first-order valence-electron chi connectivity index (χ1n) is 11.4. The average Bonchev–Trinajstić information content (AvgIpc) is 2.87. The number of benzene rings is 2. The highest BCUT2D eigenvalue weighted by atomic mass is 16.5. The van der Waals surface area contributed by atoms with E-state index in [1.807, 2.05) is 0 Å². The molecule has 2 aromatic carbocycles. The Labute approximate surface area is 214 Å². The van der Waals surface area contributed by atoms with Crippen molar-refractivity contribution in [1.29, 1.82) is 0 Å². The SMILES string of the molecule is COc1ccc(C[C@H](NC(=O)CNC(=O)[C@@H](C)NC(=O)[C@@H](N)Cc2ccc(O)cc2)C(N)=O)cc1OC. The molecule has 0 aliphatic rings. The number of hydrogen-bond donors (Lipinski definition) is 6. The molecule has 0 unspecified atom stereocenters. The molecule has 37 heavy (non-hydrogen) atoms. The standard InChI is InChI=1S/C25H33N5O7/c1-14(29-25(35)18(26)10-15-4-7-17(31)8-5-15)24(34)28-13-22(32)30-19(23(27)33)11-16-6-9-20(36-2)21(12-16)37-3/h4-9,12,14,18-19,31H,10-11,13,26H2,1-3H3,(H2,27,33)(H,28,34)(H,29,35)(H,30,32)/t14-,18+,19+/m1/s1. The third-order valence-corrected chi connectivity index (χ3v) is 5.47. The largest absolute Gasteiger partial charge is 0.508 e. The number of amides is 4. The van der Waals surface area contributed by atoms with Crippen molar-refractivity contribution in [3.63, 3.8) is 0 Å².